The molecule has 1 aliphatic rings. The molecule has 0 bridgehead atoms. The molecule has 0 fully saturated rings. The Morgan fingerprint density at radius 1 is 1.00 bits per heavy atom. The number of anilines is 3. The van der Waals surface area contributed by atoms with Gasteiger partial charge in [-0.25, -0.2) is 4.79 Å². The van der Waals surface area contributed by atoms with Gasteiger partial charge in [0, 0.05) is 46.4 Å². The SMILES string of the molecule is CCOC(=O)c1cccc(Nc2cc(S(=O)(=O)O)c(N)c3c2C(=O)c2ccccc2C3=O)c1.[Na]. The Kier molecular flexibility index (Phi) is 7.29. The van der Waals surface area contributed by atoms with Gasteiger partial charge in [0.25, 0.3) is 10.1 Å². The molecule has 169 valence electrons. The molecule has 0 spiro atoms. The molecule has 4 N–H and O–H groups in total. The largest absolute Gasteiger partial charge is 0.462 e. The van der Waals surface area contributed by atoms with E-state index >= 15 is 0 Å². The molecular formula is C23H18N2NaO7S. The second-order valence-electron chi connectivity index (χ2n) is 7.19. The summed E-state index contributed by atoms with van der Waals surface area (Å²) in [6, 6.07) is 13.2. The molecule has 0 saturated carbocycles. The molecule has 1 aliphatic carbocycles. The van der Waals surface area contributed by atoms with Crippen molar-refractivity contribution in [3.8, 4) is 0 Å². The van der Waals surface area contributed by atoms with Gasteiger partial charge in [0.1, 0.15) is 4.90 Å². The van der Waals surface area contributed by atoms with Crippen molar-refractivity contribution >= 4 is 74.3 Å². The van der Waals surface area contributed by atoms with Crippen LogP contribution in [-0.2, 0) is 14.9 Å². The Morgan fingerprint density at radius 2 is 1.62 bits per heavy atom. The Hall–Kier alpha value is -3.02. The minimum Gasteiger partial charge on any atom is -0.462 e. The minimum absolute atomic E-state index is 0. The topological polar surface area (TPSA) is 153 Å². The van der Waals surface area contributed by atoms with Crippen molar-refractivity contribution in [2.45, 2.75) is 11.8 Å². The normalized spacial score (nSPS) is 12.3. The Labute approximate surface area is 217 Å². The van der Waals surface area contributed by atoms with Crippen LogP contribution in [0, 0.1) is 0 Å². The van der Waals surface area contributed by atoms with Crippen LogP contribution in [0.25, 0.3) is 0 Å². The van der Waals surface area contributed by atoms with Crippen molar-refractivity contribution < 1.29 is 32.1 Å². The molecule has 0 aromatic heterocycles. The second kappa shape index (κ2) is 9.69. The molecule has 0 saturated heterocycles. The number of nitrogens with one attached hydrogen (secondary N) is 1. The van der Waals surface area contributed by atoms with E-state index in [1.807, 2.05) is 0 Å². The molecule has 9 nitrogen and oxygen atoms in total. The predicted molar refractivity (Wildman–Crippen MR) is 125 cm³/mol. The number of carbonyl (C=O) groups excluding carboxylic acids is 3. The van der Waals surface area contributed by atoms with Crippen LogP contribution in [0.5, 0.6) is 0 Å². The fourth-order valence-electron chi connectivity index (χ4n) is 3.70. The molecule has 34 heavy (non-hydrogen) atoms. The van der Waals surface area contributed by atoms with E-state index in [-0.39, 0.29) is 69.7 Å². The maximum atomic E-state index is 13.3. The van der Waals surface area contributed by atoms with Crippen LogP contribution in [0.3, 0.4) is 0 Å². The Balaban J connectivity index is 0.00000324. The van der Waals surface area contributed by atoms with Crippen LogP contribution < -0.4 is 11.1 Å². The van der Waals surface area contributed by atoms with E-state index in [2.05, 4.69) is 5.32 Å². The van der Waals surface area contributed by atoms with E-state index in [4.69, 9.17) is 10.5 Å². The number of ether oxygens (including phenoxy) is 1. The number of rotatable bonds is 5. The van der Waals surface area contributed by atoms with E-state index in [0.29, 0.717) is 5.69 Å². The van der Waals surface area contributed by atoms with Crippen molar-refractivity contribution in [2.75, 3.05) is 17.7 Å². The van der Waals surface area contributed by atoms with Gasteiger partial charge in [-0.15, -0.1) is 0 Å². The summed E-state index contributed by atoms with van der Waals surface area (Å²) in [5.41, 5.74) is 5.65. The first-order valence-electron chi connectivity index (χ1n) is 9.80. The molecule has 0 amide bonds. The molecule has 0 atom stereocenters. The van der Waals surface area contributed by atoms with Crippen molar-refractivity contribution in [3.05, 3.63) is 82.4 Å². The standard InChI is InChI=1S/C23H18N2O7S.Na/c1-2-32-23(28)12-6-5-7-13(10-12)25-16-11-17(33(29,30)31)20(24)19-18(16)21(26)14-8-3-4-9-15(14)22(19)27;/h3-11,25H,2,24H2,1H3,(H,29,30,31);. The first kappa shape index (κ1) is 25.6. The number of hydrogen-bond donors (Lipinski definition) is 3. The summed E-state index contributed by atoms with van der Waals surface area (Å²) in [7, 11) is -4.83. The van der Waals surface area contributed by atoms with Gasteiger partial charge in [-0.3, -0.25) is 14.1 Å². The first-order valence-corrected chi connectivity index (χ1v) is 11.2. The first-order chi connectivity index (χ1) is 15.6. The third-order valence-corrected chi connectivity index (χ3v) is 6.02. The summed E-state index contributed by atoms with van der Waals surface area (Å²) in [5.74, 6) is -1.76. The Morgan fingerprint density at radius 3 is 2.21 bits per heavy atom. The molecule has 0 unspecified atom stereocenters. The third kappa shape index (κ3) is 4.50. The van der Waals surface area contributed by atoms with Gasteiger partial charge in [-0.2, -0.15) is 8.42 Å². The van der Waals surface area contributed by atoms with E-state index in [0.717, 1.165) is 6.07 Å². The number of ketones is 2. The van der Waals surface area contributed by atoms with Crippen LogP contribution in [0.4, 0.5) is 17.1 Å². The summed E-state index contributed by atoms with van der Waals surface area (Å²) in [5, 5.41) is 2.88. The minimum atomic E-state index is -4.83. The van der Waals surface area contributed by atoms with Gasteiger partial charge in [0.2, 0.25) is 0 Å². The van der Waals surface area contributed by atoms with E-state index < -0.39 is 38.2 Å². The number of hydrogen-bond acceptors (Lipinski definition) is 8. The number of benzene rings is 3. The zero-order valence-electron chi connectivity index (χ0n) is 18.3. The Bertz CT molecular complexity index is 1450. The van der Waals surface area contributed by atoms with Gasteiger partial charge in [-0.05, 0) is 31.2 Å². The maximum Gasteiger partial charge on any atom is 0.338 e. The van der Waals surface area contributed by atoms with E-state index in [1.165, 1.54) is 24.3 Å². The predicted octanol–water partition coefficient (Wildman–Crippen LogP) is 2.83. The molecule has 0 heterocycles. The average Bonchev–Trinajstić information content (AvgIpc) is 2.78. The summed E-state index contributed by atoms with van der Waals surface area (Å²) < 4.78 is 38.6. The fraction of sp³-hybridized carbons (Fsp3) is 0.0870. The van der Waals surface area contributed by atoms with Crippen molar-refractivity contribution in [2.24, 2.45) is 0 Å². The van der Waals surface area contributed by atoms with Gasteiger partial charge in [0.05, 0.1) is 34.7 Å². The number of esters is 1. The fourth-order valence-corrected chi connectivity index (χ4v) is 4.35. The number of carbonyl (C=O) groups is 3. The zero-order valence-corrected chi connectivity index (χ0v) is 21.1. The van der Waals surface area contributed by atoms with Crippen LogP contribution in [0.2, 0.25) is 0 Å². The van der Waals surface area contributed by atoms with Crippen LogP contribution >= 0.6 is 0 Å². The van der Waals surface area contributed by atoms with Crippen LogP contribution in [0.15, 0.2) is 59.5 Å². The summed E-state index contributed by atoms with van der Waals surface area (Å²) in [6.45, 7) is 1.84. The van der Waals surface area contributed by atoms with Crippen molar-refractivity contribution in [1.82, 2.24) is 0 Å². The van der Waals surface area contributed by atoms with Crippen LogP contribution in [-0.4, -0.2) is 66.7 Å². The third-order valence-electron chi connectivity index (χ3n) is 5.13. The number of fused-ring (bicyclic) bond motifs is 2. The summed E-state index contributed by atoms with van der Waals surface area (Å²) in [4.78, 5) is 37.8. The molecule has 0 aliphatic heterocycles. The van der Waals surface area contributed by atoms with Crippen molar-refractivity contribution in [3.63, 3.8) is 0 Å². The van der Waals surface area contributed by atoms with E-state index in [9.17, 15) is 27.4 Å². The molecule has 4 rings (SSSR count). The van der Waals surface area contributed by atoms with E-state index in [1.54, 1.807) is 31.2 Å². The molecular weight excluding hydrogens is 471 g/mol. The molecule has 11 heteroatoms. The number of nitrogen functional groups attached to an aromatic ring is 1. The van der Waals surface area contributed by atoms with Gasteiger partial charge < -0.3 is 15.8 Å². The van der Waals surface area contributed by atoms with Crippen LogP contribution in [0.1, 0.15) is 49.1 Å². The van der Waals surface area contributed by atoms with Gasteiger partial charge in [-0.1, -0.05) is 30.3 Å². The summed E-state index contributed by atoms with van der Waals surface area (Å²) >= 11 is 0. The molecule has 1 radical (unpaired) electrons. The smallest absolute Gasteiger partial charge is 0.338 e. The average molecular weight is 489 g/mol. The molecule has 3 aromatic carbocycles. The van der Waals surface area contributed by atoms with Gasteiger partial charge in [0.15, 0.2) is 11.6 Å². The zero-order chi connectivity index (χ0) is 23.9. The maximum absolute atomic E-state index is 13.3. The molecule has 3 aromatic rings. The quantitative estimate of drug-likeness (QED) is 0.166. The monoisotopic (exact) mass is 489 g/mol. The second-order valence-corrected chi connectivity index (χ2v) is 8.58. The summed E-state index contributed by atoms with van der Waals surface area (Å²) in [6.07, 6.45) is 0. The van der Waals surface area contributed by atoms with Crippen molar-refractivity contribution in [1.29, 1.82) is 0 Å². The van der Waals surface area contributed by atoms with Gasteiger partial charge >= 0.3 is 5.97 Å². The number of nitrogens with two attached hydrogens (primary N) is 1.